The van der Waals surface area contributed by atoms with E-state index in [1.807, 2.05) is 0 Å². The van der Waals surface area contributed by atoms with E-state index in [9.17, 15) is 0 Å². The fourth-order valence-corrected chi connectivity index (χ4v) is 10.9. The number of hydrogen-bond acceptors (Lipinski definition) is 2. The second kappa shape index (κ2) is 17.4. The lowest BCUT2D eigenvalue weighted by Crippen LogP contribution is -2.10. The van der Waals surface area contributed by atoms with Crippen molar-refractivity contribution in [1.82, 2.24) is 9.13 Å². The second-order valence-corrected chi connectivity index (χ2v) is 19.3. The van der Waals surface area contributed by atoms with E-state index in [1.54, 1.807) is 0 Å². The van der Waals surface area contributed by atoms with Gasteiger partial charge in [0.05, 0.1) is 27.8 Å². The Kier molecular flexibility index (Phi) is 10.4. The summed E-state index contributed by atoms with van der Waals surface area (Å²) in [4.78, 5) is 4.82. The summed E-state index contributed by atoms with van der Waals surface area (Å²) in [5, 5.41) is 7.28. The smallest absolute Gasteiger partial charge is 0.0542 e. The topological polar surface area (TPSA) is 16.3 Å². The Bertz CT molecular complexity index is 4160. The minimum absolute atomic E-state index is 1.09. The van der Waals surface area contributed by atoms with Gasteiger partial charge in [-0.2, -0.15) is 0 Å². The normalized spacial score (nSPS) is 11.6. The average molecular weight is 925 g/mol. The first-order valence-corrected chi connectivity index (χ1v) is 24.9. The molecular weight excluding hydrogens is 873 g/mol. The van der Waals surface area contributed by atoms with Crippen LogP contribution in [-0.4, -0.2) is 9.13 Å². The zero-order valence-corrected chi connectivity index (χ0v) is 40.9. The molecule has 0 amide bonds. The molecule has 13 aromatic rings. The molecule has 0 spiro atoms. The average Bonchev–Trinajstić information content (AvgIpc) is 3.93. The minimum atomic E-state index is 1.09. The summed E-state index contributed by atoms with van der Waals surface area (Å²) in [7, 11) is 0. The summed E-state index contributed by atoms with van der Waals surface area (Å²) >= 11 is 0. The van der Waals surface area contributed by atoms with Crippen molar-refractivity contribution in [3.8, 4) is 22.5 Å². The molecular formula is C68H52N4. The van der Waals surface area contributed by atoms with Gasteiger partial charge in [0.15, 0.2) is 0 Å². The maximum absolute atomic E-state index is 2.43. The standard InChI is InChI=1S/C68H52N4/c1-45-19-29-50(30-20-45)69(55-39-41-67-62(43-55)60-11-5-7-16-65(60)71(67)53-33-23-47(3)24-34-53)51-37-27-49(28-38-51)57-13-9-15-59-58(57)14-10-18-64(59)70(52-31-21-46(2)22-32-52)56-40-42-68-63(44-56)61-12-6-8-17-66(61)72(68)54-35-25-48(4)26-36-54/h5-44H,1-4H3. The molecule has 0 N–H and O–H groups in total. The molecule has 11 aromatic carbocycles. The quantitative estimate of drug-likeness (QED) is 0.143. The first kappa shape index (κ1) is 42.9. The highest BCUT2D eigenvalue weighted by Crippen LogP contribution is 2.45. The molecule has 0 aliphatic rings. The summed E-state index contributed by atoms with van der Waals surface area (Å²) in [5.41, 5.74) is 21.0. The molecule has 0 bridgehead atoms. The molecule has 13 rings (SSSR count). The van der Waals surface area contributed by atoms with Crippen molar-refractivity contribution in [1.29, 1.82) is 0 Å². The first-order valence-electron chi connectivity index (χ1n) is 24.9. The molecule has 2 aromatic heterocycles. The number of benzene rings is 11. The van der Waals surface area contributed by atoms with Crippen LogP contribution in [0.5, 0.6) is 0 Å². The third kappa shape index (κ3) is 7.30. The largest absolute Gasteiger partial charge is 0.310 e. The van der Waals surface area contributed by atoms with Crippen LogP contribution in [0, 0.1) is 27.7 Å². The van der Waals surface area contributed by atoms with Gasteiger partial charge >= 0.3 is 0 Å². The highest BCUT2D eigenvalue weighted by atomic mass is 15.2. The van der Waals surface area contributed by atoms with Crippen molar-refractivity contribution in [2.45, 2.75) is 27.7 Å². The van der Waals surface area contributed by atoms with Gasteiger partial charge < -0.3 is 18.9 Å². The number of rotatable bonds is 9. The molecule has 2 heterocycles. The number of para-hydroxylation sites is 2. The van der Waals surface area contributed by atoms with Crippen LogP contribution in [0.3, 0.4) is 0 Å². The zero-order chi connectivity index (χ0) is 48.5. The maximum atomic E-state index is 2.43. The Balaban J connectivity index is 0.919. The van der Waals surface area contributed by atoms with Crippen LogP contribution in [0.4, 0.5) is 34.1 Å². The van der Waals surface area contributed by atoms with Gasteiger partial charge in [-0.25, -0.2) is 0 Å². The van der Waals surface area contributed by atoms with E-state index in [-0.39, 0.29) is 0 Å². The summed E-state index contributed by atoms with van der Waals surface area (Å²) in [6, 6.07) is 89.5. The Morgan fingerprint density at radius 3 is 1.15 bits per heavy atom. The minimum Gasteiger partial charge on any atom is -0.310 e. The van der Waals surface area contributed by atoms with Crippen LogP contribution in [0.25, 0.3) is 76.9 Å². The molecule has 0 radical (unpaired) electrons. The van der Waals surface area contributed by atoms with Gasteiger partial charge in [-0.3, -0.25) is 0 Å². The molecule has 0 aliphatic heterocycles. The molecule has 0 fully saturated rings. The fraction of sp³-hybridized carbons (Fsp3) is 0.0588. The second-order valence-electron chi connectivity index (χ2n) is 19.3. The molecule has 0 unspecified atom stereocenters. The highest BCUT2D eigenvalue weighted by Gasteiger charge is 2.21. The maximum Gasteiger partial charge on any atom is 0.0542 e. The molecule has 0 aliphatic carbocycles. The number of fused-ring (bicyclic) bond motifs is 7. The molecule has 0 saturated heterocycles. The van der Waals surface area contributed by atoms with E-state index < -0.39 is 0 Å². The monoisotopic (exact) mass is 924 g/mol. The van der Waals surface area contributed by atoms with Crippen LogP contribution in [-0.2, 0) is 0 Å². The van der Waals surface area contributed by atoms with Crippen LogP contribution in [0.1, 0.15) is 22.3 Å². The van der Waals surface area contributed by atoms with Crippen LogP contribution in [0.2, 0.25) is 0 Å². The van der Waals surface area contributed by atoms with Crippen molar-refractivity contribution < 1.29 is 0 Å². The van der Waals surface area contributed by atoms with E-state index in [0.29, 0.717) is 0 Å². The molecule has 72 heavy (non-hydrogen) atoms. The van der Waals surface area contributed by atoms with Gasteiger partial charge in [0.2, 0.25) is 0 Å². The van der Waals surface area contributed by atoms with E-state index in [4.69, 9.17) is 0 Å². The number of aryl methyl sites for hydroxylation is 4. The van der Waals surface area contributed by atoms with Crippen LogP contribution < -0.4 is 9.80 Å². The third-order valence-electron chi connectivity index (χ3n) is 14.6. The van der Waals surface area contributed by atoms with Crippen molar-refractivity contribution in [3.63, 3.8) is 0 Å². The third-order valence-corrected chi connectivity index (χ3v) is 14.6. The number of anilines is 6. The summed E-state index contributed by atoms with van der Waals surface area (Å²) in [6.07, 6.45) is 0. The van der Waals surface area contributed by atoms with Crippen LogP contribution >= 0.6 is 0 Å². The Morgan fingerprint density at radius 1 is 0.264 bits per heavy atom. The number of hydrogen-bond donors (Lipinski definition) is 0. The zero-order valence-electron chi connectivity index (χ0n) is 40.9. The predicted octanol–water partition coefficient (Wildman–Crippen LogP) is 18.9. The van der Waals surface area contributed by atoms with E-state index in [0.717, 1.165) is 51.1 Å². The van der Waals surface area contributed by atoms with Gasteiger partial charge in [-0.05, 0) is 159 Å². The van der Waals surface area contributed by atoms with E-state index in [2.05, 4.69) is 289 Å². The van der Waals surface area contributed by atoms with Crippen LogP contribution in [0.15, 0.2) is 243 Å². The molecule has 0 atom stereocenters. The predicted molar refractivity (Wildman–Crippen MR) is 306 cm³/mol. The van der Waals surface area contributed by atoms with Gasteiger partial charge in [0.25, 0.3) is 0 Å². The highest BCUT2D eigenvalue weighted by molar-refractivity contribution is 6.13. The Hall–Kier alpha value is -9.12. The molecule has 4 nitrogen and oxygen atoms in total. The summed E-state index contributed by atoms with van der Waals surface area (Å²) < 4.78 is 4.78. The SMILES string of the molecule is Cc1ccc(N(c2ccc(-c3cccc4c(N(c5ccc(C)cc5)c5ccc6c(c5)c5ccccc5n6-c5ccc(C)cc5)cccc34)cc2)c2ccc3c(c2)c2ccccc2n3-c2ccc(C)cc2)cc1. The van der Waals surface area contributed by atoms with Gasteiger partial charge in [0, 0.05) is 66.7 Å². The number of aromatic nitrogens is 2. The fourth-order valence-electron chi connectivity index (χ4n) is 10.9. The molecule has 4 heteroatoms. The first-order chi connectivity index (χ1) is 35.3. The van der Waals surface area contributed by atoms with E-state index >= 15 is 0 Å². The Labute approximate surface area is 420 Å². The van der Waals surface area contributed by atoms with Gasteiger partial charge in [0.1, 0.15) is 0 Å². The summed E-state index contributed by atoms with van der Waals surface area (Å²) in [6.45, 7) is 8.59. The lowest BCUT2D eigenvalue weighted by molar-refractivity contribution is 1.17. The lowest BCUT2D eigenvalue weighted by Gasteiger charge is -2.28. The van der Waals surface area contributed by atoms with Crippen molar-refractivity contribution in [3.05, 3.63) is 265 Å². The van der Waals surface area contributed by atoms with Gasteiger partial charge in [-0.1, -0.05) is 150 Å². The van der Waals surface area contributed by atoms with Crippen molar-refractivity contribution in [2.75, 3.05) is 9.80 Å². The van der Waals surface area contributed by atoms with Gasteiger partial charge in [-0.15, -0.1) is 0 Å². The lowest BCUT2D eigenvalue weighted by atomic mass is 9.96. The van der Waals surface area contributed by atoms with E-state index in [1.165, 1.54) is 82.2 Å². The molecule has 0 saturated carbocycles. The summed E-state index contributed by atoms with van der Waals surface area (Å²) in [5.74, 6) is 0. The van der Waals surface area contributed by atoms with Crippen molar-refractivity contribution in [2.24, 2.45) is 0 Å². The van der Waals surface area contributed by atoms with Crippen molar-refractivity contribution >= 4 is 88.5 Å². The number of nitrogens with zero attached hydrogens (tertiary/aromatic N) is 4. The Morgan fingerprint density at radius 2 is 0.639 bits per heavy atom. The molecule has 344 valence electrons.